The monoisotopic (exact) mass is 561 g/mol. The van der Waals surface area contributed by atoms with Crippen molar-refractivity contribution in [3.8, 4) is 5.75 Å². The van der Waals surface area contributed by atoms with Gasteiger partial charge in [-0.25, -0.2) is 16.8 Å². The van der Waals surface area contributed by atoms with Gasteiger partial charge in [0, 0.05) is 19.6 Å². The zero-order chi connectivity index (χ0) is 26.2. The molecule has 0 aliphatic carbocycles. The number of carbonyl (C=O) groups excluding carboxylic acids is 1. The van der Waals surface area contributed by atoms with Gasteiger partial charge >= 0.3 is 0 Å². The van der Waals surface area contributed by atoms with Gasteiger partial charge in [-0.05, 0) is 60.0 Å². The fraction of sp³-hybridized carbons (Fsp3) is 0.320. The molecule has 196 valence electrons. The van der Waals surface area contributed by atoms with Crippen molar-refractivity contribution in [2.24, 2.45) is 0 Å². The number of thiophene rings is 1. The number of carbonyl (C=O) groups is 1. The number of amides is 1. The Morgan fingerprint density at radius 3 is 2.35 bits per heavy atom. The molecule has 37 heavy (non-hydrogen) atoms. The number of benzene rings is 2. The molecule has 0 unspecified atom stereocenters. The predicted molar refractivity (Wildman–Crippen MR) is 140 cm³/mol. The summed E-state index contributed by atoms with van der Waals surface area (Å²) in [6, 6.07) is 13.1. The molecule has 0 bridgehead atoms. The third-order valence-corrected chi connectivity index (χ3v) is 11.9. The largest absolute Gasteiger partial charge is 0.506 e. The molecule has 1 atom stereocenters. The van der Waals surface area contributed by atoms with Gasteiger partial charge in [0.1, 0.15) is 16.0 Å². The van der Waals surface area contributed by atoms with Crippen molar-refractivity contribution in [1.82, 2.24) is 8.61 Å². The molecule has 2 aliphatic rings. The van der Waals surface area contributed by atoms with Crippen LogP contribution in [0.5, 0.6) is 5.75 Å². The Labute approximate surface area is 220 Å². The Morgan fingerprint density at radius 2 is 1.65 bits per heavy atom. The summed E-state index contributed by atoms with van der Waals surface area (Å²) in [5, 5.41) is 14.7. The van der Waals surface area contributed by atoms with Crippen LogP contribution in [0, 0.1) is 0 Å². The van der Waals surface area contributed by atoms with Gasteiger partial charge < -0.3 is 10.4 Å². The van der Waals surface area contributed by atoms with Crippen LogP contribution in [0.25, 0.3) is 0 Å². The van der Waals surface area contributed by atoms with Crippen LogP contribution in [-0.4, -0.2) is 55.6 Å². The van der Waals surface area contributed by atoms with Gasteiger partial charge in [-0.3, -0.25) is 4.79 Å². The van der Waals surface area contributed by atoms with Crippen molar-refractivity contribution in [2.75, 3.05) is 18.4 Å². The minimum atomic E-state index is -3.98. The lowest BCUT2D eigenvalue weighted by atomic mass is 9.95. The lowest BCUT2D eigenvalue weighted by molar-refractivity contribution is -0.120. The second kappa shape index (κ2) is 10.2. The van der Waals surface area contributed by atoms with Crippen molar-refractivity contribution in [2.45, 2.75) is 47.4 Å². The van der Waals surface area contributed by atoms with Crippen LogP contribution in [0.4, 0.5) is 5.69 Å². The average Bonchev–Trinajstić information content (AvgIpc) is 3.46. The van der Waals surface area contributed by atoms with Crippen LogP contribution in [0.1, 0.15) is 30.4 Å². The molecule has 3 aromatic rings. The van der Waals surface area contributed by atoms with Gasteiger partial charge in [-0.1, -0.05) is 36.8 Å². The molecule has 0 radical (unpaired) electrons. The van der Waals surface area contributed by atoms with E-state index < -0.39 is 32.0 Å². The van der Waals surface area contributed by atoms with Crippen LogP contribution in [0.15, 0.2) is 69.1 Å². The van der Waals surface area contributed by atoms with Crippen LogP contribution >= 0.6 is 11.3 Å². The van der Waals surface area contributed by atoms with E-state index in [2.05, 4.69) is 5.32 Å². The number of phenolic OH excluding ortho intramolecular Hbond substituents is 1. The Hall–Kier alpha value is -2.77. The van der Waals surface area contributed by atoms with E-state index in [1.54, 1.807) is 11.4 Å². The van der Waals surface area contributed by atoms with Gasteiger partial charge in [0.2, 0.25) is 15.9 Å². The Balaban J connectivity index is 1.46. The van der Waals surface area contributed by atoms with E-state index >= 15 is 0 Å². The molecule has 9 nitrogen and oxygen atoms in total. The maximum Gasteiger partial charge on any atom is 0.253 e. The fourth-order valence-electron chi connectivity index (χ4n) is 4.75. The quantitative estimate of drug-likeness (QED) is 0.445. The maximum absolute atomic E-state index is 13.5. The molecular weight excluding hydrogens is 534 g/mol. The van der Waals surface area contributed by atoms with Crippen molar-refractivity contribution in [1.29, 1.82) is 0 Å². The first-order valence-electron chi connectivity index (χ1n) is 11.9. The summed E-state index contributed by atoms with van der Waals surface area (Å²) in [5.74, 6) is -0.965. The van der Waals surface area contributed by atoms with Gasteiger partial charge in [0.25, 0.3) is 10.0 Å². The number of anilines is 1. The van der Waals surface area contributed by atoms with Crippen LogP contribution in [0.3, 0.4) is 0 Å². The highest BCUT2D eigenvalue weighted by Gasteiger charge is 2.40. The van der Waals surface area contributed by atoms with E-state index in [0.717, 1.165) is 41.7 Å². The Kier molecular flexibility index (Phi) is 7.12. The number of phenols is 1. The first-order valence-corrected chi connectivity index (χ1v) is 15.7. The number of aromatic hydroxyl groups is 1. The average molecular weight is 562 g/mol. The SMILES string of the molecule is O=C(Nc1cc(S(=O)(=O)N2CCCCC2)ccc1O)[C@H]1Cc2ccccc2CN1S(=O)(=O)c1cccs1. The standard InChI is InChI=1S/C25H27N3O6S3/c29-23-11-10-20(36(31,32)27-12-4-1-5-13-27)16-21(23)26-25(30)22-15-18-7-2-3-8-19(18)17-28(22)37(33,34)24-9-6-14-35-24/h2-3,6-11,14,16,22,29H,1,4-5,12-13,15,17H2,(H,26,30)/t22-/m1/s1. The summed E-state index contributed by atoms with van der Waals surface area (Å²) in [6.45, 7) is 0.855. The van der Waals surface area contributed by atoms with E-state index in [4.69, 9.17) is 0 Å². The molecule has 1 amide bonds. The zero-order valence-electron chi connectivity index (χ0n) is 19.9. The van der Waals surface area contributed by atoms with Crippen LogP contribution in [0.2, 0.25) is 0 Å². The van der Waals surface area contributed by atoms with Gasteiger partial charge in [-0.15, -0.1) is 11.3 Å². The second-order valence-electron chi connectivity index (χ2n) is 9.10. The molecule has 12 heteroatoms. The topological polar surface area (TPSA) is 124 Å². The summed E-state index contributed by atoms with van der Waals surface area (Å²) in [4.78, 5) is 13.5. The molecule has 3 heterocycles. The number of hydrogen-bond donors (Lipinski definition) is 2. The number of sulfonamides is 2. The summed E-state index contributed by atoms with van der Waals surface area (Å²) in [6.07, 6.45) is 2.66. The molecule has 1 aromatic heterocycles. The predicted octanol–water partition coefficient (Wildman–Crippen LogP) is 3.38. The highest BCUT2D eigenvalue weighted by atomic mass is 32.2. The first-order chi connectivity index (χ1) is 17.7. The molecule has 0 saturated carbocycles. The summed E-state index contributed by atoms with van der Waals surface area (Å²) in [5.41, 5.74) is 1.57. The summed E-state index contributed by atoms with van der Waals surface area (Å²) < 4.78 is 55.9. The number of nitrogens with zero attached hydrogens (tertiary/aromatic N) is 2. The van der Waals surface area contributed by atoms with Crippen LogP contribution < -0.4 is 5.32 Å². The van der Waals surface area contributed by atoms with E-state index in [9.17, 15) is 26.7 Å². The number of fused-ring (bicyclic) bond motifs is 1. The van der Waals surface area contributed by atoms with Crippen molar-refractivity contribution in [3.63, 3.8) is 0 Å². The lowest BCUT2D eigenvalue weighted by Crippen LogP contribution is -2.50. The second-order valence-corrected chi connectivity index (χ2v) is 14.1. The normalized spacial score (nSPS) is 19.3. The van der Waals surface area contributed by atoms with Gasteiger partial charge in [-0.2, -0.15) is 8.61 Å². The molecule has 2 aromatic carbocycles. The molecule has 1 saturated heterocycles. The third kappa shape index (κ3) is 5.04. The smallest absolute Gasteiger partial charge is 0.253 e. The highest BCUT2D eigenvalue weighted by molar-refractivity contribution is 7.91. The molecule has 0 spiro atoms. The fourth-order valence-corrected chi connectivity index (χ4v) is 8.98. The van der Waals surface area contributed by atoms with E-state index in [-0.39, 0.29) is 33.5 Å². The third-order valence-electron chi connectivity index (χ3n) is 6.74. The number of nitrogens with one attached hydrogen (secondary N) is 1. The minimum Gasteiger partial charge on any atom is -0.506 e. The number of rotatable bonds is 6. The summed E-state index contributed by atoms with van der Waals surface area (Å²) >= 11 is 1.07. The molecule has 5 rings (SSSR count). The molecular formula is C25H27N3O6S3. The van der Waals surface area contributed by atoms with Crippen molar-refractivity contribution >= 4 is 43.0 Å². The molecule has 1 fully saturated rings. The zero-order valence-corrected chi connectivity index (χ0v) is 22.4. The van der Waals surface area contributed by atoms with E-state index in [1.807, 2.05) is 24.3 Å². The summed E-state index contributed by atoms with van der Waals surface area (Å²) in [7, 11) is -7.78. The van der Waals surface area contributed by atoms with E-state index in [0.29, 0.717) is 13.1 Å². The molecule has 2 N–H and O–H groups in total. The maximum atomic E-state index is 13.5. The van der Waals surface area contributed by atoms with Crippen molar-refractivity contribution < 1.29 is 26.7 Å². The van der Waals surface area contributed by atoms with Gasteiger partial charge in [0.15, 0.2) is 0 Å². The minimum absolute atomic E-state index is 0.0177. The van der Waals surface area contributed by atoms with Crippen molar-refractivity contribution in [3.05, 3.63) is 71.1 Å². The van der Waals surface area contributed by atoms with Crippen LogP contribution in [-0.2, 0) is 37.8 Å². The van der Waals surface area contributed by atoms with Gasteiger partial charge in [0.05, 0.1) is 10.6 Å². The lowest BCUT2D eigenvalue weighted by Gasteiger charge is -2.34. The number of piperidine rings is 1. The highest BCUT2D eigenvalue weighted by Crippen LogP contribution is 2.33. The first kappa shape index (κ1) is 25.9. The Morgan fingerprint density at radius 1 is 0.919 bits per heavy atom. The number of hydrogen-bond acceptors (Lipinski definition) is 7. The molecule has 2 aliphatic heterocycles. The van der Waals surface area contributed by atoms with E-state index in [1.165, 1.54) is 32.9 Å². The Bertz CT molecular complexity index is 1510.